The van der Waals surface area contributed by atoms with Crippen LogP contribution in [0.5, 0.6) is 0 Å². The van der Waals surface area contributed by atoms with Crippen molar-refractivity contribution in [2.24, 2.45) is 5.92 Å². The number of urea groups is 1. The lowest BCUT2D eigenvalue weighted by Gasteiger charge is -2.30. The summed E-state index contributed by atoms with van der Waals surface area (Å²) in [5.41, 5.74) is 3.41. The normalized spacial score (nSPS) is 13.6. The van der Waals surface area contributed by atoms with Gasteiger partial charge in [0.15, 0.2) is 0 Å². The van der Waals surface area contributed by atoms with E-state index in [4.69, 9.17) is 4.74 Å². The Bertz CT molecular complexity index is 1650. The van der Waals surface area contributed by atoms with E-state index in [-0.39, 0.29) is 30.9 Å². The molecule has 51 heavy (non-hydrogen) atoms. The third-order valence-corrected chi connectivity index (χ3v) is 9.59. The molecule has 0 aliphatic heterocycles. The summed E-state index contributed by atoms with van der Waals surface area (Å²) in [5.74, 6) is -0.285. The van der Waals surface area contributed by atoms with Gasteiger partial charge in [-0.25, -0.2) is 14.6 Å². The van der Waals surface area contributed by atoms with E-state index in [0.717, 1.165) is 27.4 Å². The summed E-state index contributed by atoms with van der Waals surface area (Å²) in [7, 11) is 1.68. The molecule has 0 radical (unpaired) electrons. The number of carbonyl (C=O) groups is 3. The van der Waals surface area contributed by atoms with Gasteiger partial charge in [0.2, 0.25) is 5.91 Å². The first-order chi connectivity index (χ1) is 24.5. The number of aliphatic hydroxyl groups is 1. The number of nitrogens with one attached hydrogen (secondary N) is 3. The van der Waals surface area contributed by atoms with Crippen molar-refractivity contribution in [1.29, 1.82) is 0 Å². The van der Waals surface area contributed by atoms with Crippen LogP contribution in [0.15, 0.2) is 90.6 Å². The molecule has 2 aromatic carbocycles. The molecule has 0 aliphatic rings. The molecule has 0 aliphatic carbocycles. The largest absolute Gasteiger partial charge is 0.445 e. The van der Waals surface area contributed by atoms with Crippen LogP contribution in [0.2, 0.25) is 0 Å². The van der Waals surface area contributed by atoms with Gasteiger partial charge in [0, 0.05) is 42.3 Å². The molecule has 0 saturated heterocycles. The Morgan fingerprint density at radius 1 is 0.863 bits per heavy atom. The lowest BCUT2D eigenvalue weighted by atomic mass is 9.93. The van der Waals surface area contributed by atoms with Crippen molar-refractivity contribution >= 4 is 29.4 Å². The first-order valence-electron chi connectivity index (χ1n) is 17.3. The second-order valence-corrected chi connectivity index (χ2v) is 14.3. The van der Waals surface area contributed by atoms with Crippen LogP contribution in [-0.2, 0) is 35.5 Å². The molecular formula is C39H50N6O5S. The highest BCUT2D eigenvalue weighted by Gasteiger charge is 2.31. The molecule has 4 amide bonds. The smallest absolute Gasteiger partial charge is 0.407 e. The van der Waals surface area contributed by atoms with E-state index in [1.807, 2.05) is 86.0 Å². The van der Waals surface area contributed by atoms with Gasteiger partial charge in [0.05, 0.1) is 29.4 Å². The summed E-state index contributed by atoms with van der Waals surface area (Å²) >= 11 is 1.57. The molecule has 4 N–H and O–H groups in total. The maximum Gasteiger partial charge on any atom is 0.407 e. The number of ether oxygens (including phenoxy) is 1. The second-order valence-electron chi connectivity index (χ2n) is 13.4. The molecule has 0 bridgehead atoms. The Kier molecular flexibility index (Phi) is 14.9. The standard InChI is InChI=1S/C39H50N6O5S/c1-26(2)35(44-38(48)45(5)23-32-25-51-37(42-32)27(3)4)36(47)41-31(19-28-13-8-6-9-14-28)21-34(46)33(20-29-15-10-7-11-16-29)43-39(49)50-24-30-17-12-18-40-22-30/h6-18,22,25-27,31,33-35,46H,19-21,23-24H2,1-5H3,(H,41,47)(H,43,49)(H,44,48)/t31-,33-,34-,35-/m0/s1. The predicted molar refractivity (Wildman–Crippen MR) is 199 cm³/mol. The zero-order valence-electron chi connectivity index (χ0n) is 30.0. The average Bonchev–Trinajstić information content (AvgIpc) is 3.59. The van der Waals surface area contributed by atoms with Gasteiger partial charge in [-0.2, -0.15) is 0 Å². The third-order valence-electron chi connectivity index (χ3n) is 8.39. The number of hydrogen-bond acceptors (Lipinski definition) is 8. The van der Waals surface area contributed by atoms with Crippen LogP contribution in [0.1, 0.15) is 67.4 Å². The highest BCUT2D eigenvalue weighted by molar-refractivity contribution is 7.09. The number of pyridine rings is 1. The summed E-state index contributed by atoms with van der Waals surface area (Å²) in [6.07, 6.45) is 2.42. The predicted octanol–water partition coefficient (Wildman–Crippen LogP) is 5.84. The minimum atomic E-state index is -1.06. The van der Waals surface area contributed by atoms with E-state index in [1.165, 1.54) is 4.90 Å². The van der Waals surface area contributed by atoms with Gasteiger partial charge >= 0.3 is 12.1 Å². The molecule has 4 rings (SSSR count). The quantitative estimate of drug-likeness (QED) is 0.108. The number of aromatic nitrogens is 2. The van der Waals surface area contributed by atoms with Crippen molar-refractivity contribution < 1.29 is 24.2 Å². The first kappa shape index (κ1) is 39.0. The van der Waals surface area contributed by atoms with Crippen LogP contribution >= 0.6 is 11.3 Å². The molecule has 2 aromatic heterocycles. The van der Waals surface area contributed by atoms with Gasteiger partial charge in [0.1, 0.15) is 12.6 Å². The summed E-state index contributed by atoms with van der Waals surface area (Å²) in [5, 5.41) is 23.5. The summed E-state index contributed by atoms with van der Waals surface area (Å²) in [4.78, 5) is 50.3. The fourth-order valence-electron chi connectivity index (χ4n) is 5.57. The average molecular weight is 715 g/mol. The molecule has 12 heteroatoms. The molecule has 0 saturated carbocycles. The number of rotatable bonds is 17. The van der Waals surface area contributed by atoms with Crippen LogP contribution in [0, 0.1) is 5.92 Å². The number of alkyl carbamates (subject to hydrolysis) is 1. The fourth-order valence-corrected chi connectivity index (χ4v) is 6.39. The first-order valence-corrected chi connectivity index (χ1v) is 18.2. The Labute approximate surface area is 304 Å². The van der Waals surface area contributed by atoms with E-state index < -0.39 is 30.3 Å². The van der Waals surface area contributed by atoms with Gasteiger partial charge in [-0.3, -0.25) is 9.78 Å². The number of benzene rings is 2. The lowest BCUT2D eigenvalue weighted by Crippen LogP contribution is -2.55. The maximum absolute atomic E-state index is 13.9. The summed E-state index contributed by atoms with van der Waals surface area (Å²) in [6, 6.07) is 20.3. The van der Waals surface area contributed by atoms with Gasteiger partial charge in [0.25, 0.3) is 0 Å². The van der Waals surface area contributed by atoms with Crippen LogP contribution in [-0.4, -0.2) is 69.3 Å². The maximum atomic E-state index is 13.9. The Morgan fingerprint density at radius 2 is 1.51 bits per heavy atom. The van der Waals surface area contributed by atoms with E-state index in [2.05, 4.69) is 39.8 Å². The molecule has 0 unspecified atom stereocenters. The fraction of sp³-hybridized carbons (Fsp3) is 0.410. The van der Waals surface area contributed by atoms with Crippen molar-refractivity contribution in [2.45, 2.75) is 90.3 Å². The van der Waals surface area contributed by atoms with Gasteiger partial charge in [-0.15, -0.1) is 11.3 Å². The highest BCUT2D eigenvalue weighted by atomic mass is 32.1. The van der Waals surface area contributed by atoms with E-state index in [1.54, 1.807) is 36.8 Å². The number of hydrogen-bond donors (Lipinski definition) is 4. The minimum Gasteiger partial charge on any atom is -0.445 e. The van der Waals surface area contributed by atoms with E-state index >= 15 is 0 Å². The van der Waals surface area contributed by atoms with Crippen LogP contribution in [0.3, 0.4) is 0 Å². The monoisotopic (exact) mass is 714 g/mol. The van der Waals surface area contributed by atoms with Crippen molar-refractivity contribution in [3.8, 4) is 0 Å². The minimum absolute atomic E-state index is 0.0285. The summed E-state index contributed by atoms with van der Waals surface area (Å²) in [6.45, 7) is 8.24. The SMILES string of the molecule is CC(C)c1nc(CN(C)C(=O)N[C@H](C(=O)N[C@@H](Cc2ccccc2)C[C@H](O)[C@H](Cc2ccccc2)NC(=O)OCc2cccnc2)C(C)C)cs1. The van der Waals surface area contributed by atoms with Gasteiger partial charge in [-0.1, -0.05) is 94.4 Å². The van der Waals surface area contributed by atoms with Crippen molar-refractivity contribution in [2.75, 3.05) is 7.05 Å². The lowest BCUT2D eigenvalue weighted by molar-refractivity contribution is -0.124. The number of thiazole rings is 1. The number of amides is 4. The van der Waals surface area contributed by atoms with Crippen molar-refractivity contribution in [3.63, 3.8) is 0 Å². The van der Waals surface area contributed by atoms with E-state index in [9.17, 15) is 19.5 Å². The van der Waals surface area contributed by atoms with E-state index in [0.29, 0.717) is 25.3 Å². The molecule has 0 spiro atoms. The highest BCUT2D eigenvalue weighted by Crippen LogP contribution is 2.20. The van der Waals surface area contributed by atoms with Crippen molar-refractivity contribution in [3.05, 3.63) is 118 Å². The molecule has 11 nitrogen and oxygen atoms in total. The zero-order valence-corrected chi connectivity index (χ0v) is 30.8. The van der Waals surface area contributed by atoms with Crippen molar-refractivity contribution in [1.82, 2.24) is 30.8 Å². The molecule has 4 atom stereocenters. The number of nitrogens with zero attached hydrogens (tertiary/aromatic N) is 3. The Morgan fingerprint density at radius 3 is 2.10 bits per heavy atom. The zero-order chi connectivity index (χ0) is 36.8. The van der Waals surface area contributed by atoms with Gasteiger partial charge in [-0.05, 0) is 42.4 Å². The molecule has 2 heterocycles. The molecule has 272 valence electrons. The second kappa shape index (κ2) is 19.5. The van der Waals surface area contributed by atoms with Gasteiger partial charge < -0.3 is 30.7 Å². The van der Waals surface area contributed by atoms with Crippen LogP contribution in [0.4, 0.5) is 9.59 Å². The molecular weight excluding hydrogens is 665 g/mol. The molecule has 4 aromatic rings. The topological polar surface area (TPSA) is 146 Å². The van der Waals surface area contributed by atoms with Crippen LogP contribution < -0.4 is 16.0 Å². The summed E-state index contributed by atoms with van der Waals surface area (Å²) < 4.78 is 5.46. The number of aliphatic hydroxyl groups excluding tert-OH is 1. The Hall–Kier alpha value is -4.81. The third kappa shape index (κ3) is 12.8. The Balaban J connectivity index is 1.47. The number of carbonyl (C=O) groups excluding carboxylic acids is 3. The molecule has 0 fully saturated rings. The van der Waals surface area contributed by atoms with Crippen LogP contribution in [0.25, 0.3) is 0 Å².